The van der Waals surface area contributed by atoms with Crippen LogP contribution in [0.3, 0.4) is 0 Å². The molecule has 0 bridgehead atoms. The topological polar surface area (TPSA) is 65.5 Å². The van der Waals surface area contributed by atoms with Crippen molar-refractivity contribution < 1.29 is 19.1 Å². The van der Waals surface area contributed by atoms with E-state index in [0.717, 1.165) is 5.01 Å². The third-order valence-electron chi connectivity index (χ3n) is 2.07. The summed E-state index contributed by atoms with van der Waals surface area (Å²) in [5, 5.41) is 0.723. The van der Waals surface area contributed by atoms with Gasteiger partial charge < -0.3 is 9.47 Å². The standard InChI is InChI=1S/C12H17NO4S/c1-5-16-11(14)8-9(12(15)17-6-2)18-10(13-8)7(3)4/h7H,5-6H2,1-4H3. The maximum Gasteiger partial charge on any atom is 0.358 e. The number of carbonyl (C=O) groups excluding carboxylic acids is 2. The Hall–Kier alpha value is -1.43. The molecule has 0 fully saturated rings. The van der Waals surface area contributed by atoms with Crippen LogP contribution in [0.25, 0.3) is 0 Å². The third kappa shape index (κ3) is 3.29. The van der Waals surface area contributed by atoms with Crippen LogP contribution < -0.4 is 0 Å². The average molecular weight is 271 g/mol. The van der Waals surface area contributed by atoms with E-state index in [0.29, 0.717) is 0 Å². The van der Waals surface area contributed by atoms with E-state index in [1.165, 1.54) is 11.3 Å². The van der Waals surface area contributed by atoms with E-state index < -0.39 is 11.9 Å². The lowest BCUT2D eigenvalue weighted by atomic mass is 10.2. The summed E-state index contributed by atoms with van der Waals surface area (Å²) in [5.41, 5.74) is 0.0593. The number of ether oxygens (including phenoxy) is 2. The molecule has 0 aliphatic heterocycles. The molecule has 1 rings (SSSR count). The Kier molecular flexibility index (Phi) is 5.27. The van der Waals surface area contributed by atoms with Crippen molar-refractivity contribution in [2.45, 2.75) is 33.6 Å². The molecule has 5 nitrogen and oxygen atoms in total. The second kappa shape index (κ2) is 6.49. The van der Waals surface area contributed by atoms with Gasteiger partial charge in [0.15, 0.2) is 5.69 Å². The highest BCUT2D eigenvalue weighted by molar-refractivity contribution is 7.14. The smallest absolute Gasteiger partial charge is 0.358 e. The van der Waals surface area contributed by atoms with Gasteiger partial charge in [-0.05, 0) is 13.8 Å². The molecule has 0 saturated heterocycles. The molecular weight excluding hydrogens is 254 g/mol. The van der Waals surface area contributed by atoms with Crippen LogP contribution in [-0.4, -0.2) is 30.1 Å². The maximum atomic E-state index is 11.8. The second-order valence-corrected chi connectivity index (χ2v) is 4.86. The lowest BCUT2D eigenvalue weighted by Gasteiger charge is -2.01. The summed E-state index contributed by atoms with van der Waals surface area (Å²) in [4.78, 5) is 27.9. The summed E-state index contributed by atoms with van der Waals surface area (Å²) < 4.78 is 9.80. The molecule has 0 atom stereocenters. The van der Waals surface area contributed by atoms with Crippen LogP contribution >= 0.6 is 11.3 Å². The summed E-state index contributed by atoms with van der Waals surface area (Å²) in [6, 6.07) is 0. The predicted octanol–water partition coefficient (Wildman–Crippen LogP) is 2.62. The number of rotatable bonds is 5. The Morgan fingerprint density at radius 3 is 2.22 bits per heavy atom. The number of thiazole rings is 1. The zero-order valence-electron chi connectivity index (χ0n) is 11.0. The molecule has 1 heterocycles. The largest absolute Gasteiger partial charge is 0.462 e. The predicted molar refractivity (Wildman–Crippen MR) is 68.1 cm³/mol. The summed E-state index contributed by atoms with van der Waals surface area (Å²) in [5.74, 6) is -0.958. The number of esters is 2. The quantitative estimate of drug-likeness (QED) is 0.770. The van der Waals surface area contributed by atoms with Crippen LogP contribution in [0.5, 0.6) is 0 Å². The monoisotopic (exact) mass is 271 g/mol. The first-order valence-electron chi connectivity index (χ1n) is 5.86. The van der Waals surface area contributed by atoms with Gasteiger partial charge in [0.1, 0.15) is 4.88 Å². The van der Waals surface area contributed by atoms with Gasteiger partial charge in [0.05, 0.1) is 18.2 Å². The molecule has 1 aromatic rings. The minimum Gasteiger partial charge on any atom is -0.462 e. The fraction of sp³-hybridized carbons (Fsp3) is 0.583. The van der Waals surface area contributed by atoms with Crippen LogP contribution in [0, 0.1) is 0 Å². The molecule has 6 heteroatoms. The van der Waals surface area contributed by atoms with Gasteiger partial charge in [-0.25, -0.2) is 14.6 Å². The molecule has 18 heavy (non-hydrogen) atoms. The molecule has 0 radical (unpaired) electrons. The molecule has 1 aromatic heterocycles. The van der Waals surface area contributed by atoms with E-state index in [1.807, 2.05) is 13.8 Å². The van der Waals surface area contributed by atoms with Crippen LogP contribution in [0.4, 0.5) is 0 Å². The molecule has 0 N–H and O–H groups in total. The fourth-order valence-corrected chi connectivity index (χ4v) is 2.21. The number of hydrogen-bond acceptors (Lipinski definition) is 6. The van der Waals surface area contributed by atoms with Gasteiger partial charge in [-0.1, -0.05) is 13.8 Å². The van der Waals surface area contributed by atoms with Gasteiger partial charge in [0.25, 0.3) is 0 Å². The molecule has 0 saturated carbocycles. The minimum atomic E-state index is -0.580. The minimum absolute atomic E-state index is 0.0593. The van der Waals surface area contributed by atoms with E-state index >= 15 is 0 Å². The first-order valence-corrected chi connectivity index (χ1v) is 6.67. The highest BCUT2D eigenvalue weighted by Gasteiger charge is 2.26. The van der Waals surface area contributed by atoms with E-state index in [1.54, 1.807) is 13.8 Å². The van der Waals surface area contributed by atoms with E-state index in [2.05, 4.69) is 4.98 Å². The number of hydrogen-bond donors (Lipinski definition) is 0. The molecule has 0 spiro atoms. The molecule has 0 amide bonds. The van der Waals surface area contributed by atoms with Crippen LogP contribution in [0.15, 0.2) is 0 Å². The fourth-order valence-electron chi connectivity index (χ4n) is 1.26. The van der Waals surface area contributed by atoms with Gasteiger partial charge in [-0.2, -0.15) is 0 Å². The first-order chi connectivity index (χ1) is 8.51. The molecule has 0 aliphatic rings. The average Bonchev–Trinajstić information content (AvgIpc) is 2.74. The highest BCUT2D eigenvalue weighted by atomic mass is 32.1. The Labute approximate surface area is 110 Å². The van der Waals surface area contributed by atoms with E-state index in [4.69, 9.17) is 9.47 Å². The zero-order valence-corrected chi connectivity index (χ0v) is 11.8. The van der Waals surface area contributed by atoms with Gasteiger partial charge >= 0.3 is 11.9 Å². The Morgan fingerprint density at radius 1 is 1.17 bits per heavy atom. The molecule has 100 valence electrons. The van der Waals surface area contributed by atoms with Gasteiger partial charge in [-0.3, -0.25) is 0 Å². The molecular formula is C12H17NO4S. The van der Waals surface area contributed by atoms with E-state index in [9.17, 15) is 9.59 Å². The summed E-state index contributed by atoms with van der Waals surface area (Å²) in [6.45, 7) is 7.82. The van der Waals surface area contributed by atoms with Crippen LogP contribution in [0.1, 0.15) is 58.8 Å². The Balaban J connectivity index is 3.12. The molecule has 0 aromatic carbocycles. The van der Waals surface area contributed by atoms with Crippen molar-refractivity contribution >= 4 is 23.3 Å². The zero-order chi connectivity index (χ0) is 13.7. The van der Waals surface area contributed by atoms with Crippen molar-refractivity contribution in [1.29, 1.82) is 0 Å². The van der Waals surface area contributed by atoms with E-state index in [-0.39, 0.29) is 29.7 Å². The maximum absolute atomic E-state index is 11.8. The summed E-state index contributed by atoms with van der Waals surface area (Å²) in [7, 11) is 0. The third-order valence-corrected chi connectivity index (χ3v) is 3.40. The Bertz CT molecular complexity index is 404. The SMILES string of the molecule is CCOC(=O)c1nc(C(C)C)sc1C(=O)OCC. The normalized spacial score (nSPS) is 10.5. The van der Waals surface area contributed by atoms with Crippen LogP contribution in [-0.2, 0) is 9.47 Å². The number of aromatic nitrogens is 1. The first kappa shape index (κ1) is 14.6. The highest BCUT2D eigenvalue weighted by Crippen LogP contribution is 2.26. The molecule has 0 aliphatic carbocycles. The number of carbonyl (C=O) groups is 2. The lowest BCUT2D eigenvalue weighted by molar-refractivity contribution is 0.0478. The van der Waals surface area contributed by atoms with Crippen LogP contribution in [0.2, 0.25) is 0 Å². The summed E-state index contributed by atoms with van der Waals surface area (Å²) in [6.07, 6.45) is 0. The summed E-state index contributed by atoms with van der Waals surface area (Å²) >= 11 is 1.18. The van der Waals surface area contributed by atoms with Crippen molar-refractivity contribution in [2.75, 3.05) is 13.2 Å². The van der Waals surface area contributed by atoms with Gasteiger partial charge in [0, 0.05) is 5.92 Å². The van der Waals surface area contributed by atoms with Crippen molar-refractivity contribution in [1.82, 2.24) is 4.98 Å². The van der Waals surface area contributed by atoms with Crippen molar-refractivity contribution in [3.05, 3.63) is 15.6 Å². The lowest BCUT2D eigenvalue weighted by Crippen LogP contribution is -2.12. The van der Waals surface area contributed by atoms with Crippen molar-refractivity contribution in [3.63, 3.8) is 0 Å². The van der Waals surface area contributed by atoms with Crippen molar-refractivity contribution in [3.8, 4) is 0 Å². The van der Waals surface area contributed by atoms with Gasteiger partial charge in [-0.15, -0.1) is 11.3 Å². The molecule has 0 unspecified atom stereocenters. The van der Waals surface area contributed by atoms with Gasteiger partial charge in [0.2, 0.25) is 0 Å². The Morgan fingerprint density at radius 2 is 1.72 bits per heavy atom. The second-order valence-electron chi connectivity index (χ2n) is 3.83. The number of nitrogens with zero attached hydrogens (tertiary/aromatic N) is 1. The van der Waals surface area contributed by atoms with Crippen molar-refractivity contribution in [2.24, 2.45) is 0 Å².